The summed E-state index contributed by atoms with van der Waals surface area (Å²) in [6, 6.07) is 9.88. The van der Waals surface area contributed by atoms with E-state index in [-0.39, 0.29) is 0 Å². The summed E-state index contributed by atoms with van der Waals surface area (Å²) < 4.78 is 7.87. The Bertz CT molecular complexity index is 693. The Labute approximate surface area is 125 Å². The third kappa shape index (κ3) is 3.19. The molecule has 0 saturated carbocycles. The van der Waals surface area contributed by atoms with Gasteiger partial charge >= 0.3 is 0 Å². The molecule has 0 aliphatic heterocycles. The number of nitriles is 1. The summed E-state index contributed by atoms with van der Waals surface area (Å²) in [5.74, 6) is 1.72. The van der Waals surface area contributed by atoms with E-state index in [4.69, 9.17) is 10.5 Å². The minimum Gasteiger partial charge on any atom is -0.438 e. The van der Waals surface area contributed by atoms with Crippen LogP contribution in [0.5, 0.6) is 11.6 Å². The highest BCUT2D eigenvalue weighted by Crippen LogP contribution is 2.33. The van der Waals surface area contributed by atoms with Gasteiger partial charge in [-0.1, -0.05) is 26.0 Å². The van der Waals surface area contributed by atoms with E-state index in [1.54, 1.807) is 6.07 Å². The molecule has 0 amide bonds. The van der Waals surface area contributed by atoms with Gasteiger partial charge in [0.15, 0.2) is 0 Å². The molecular formula is C17H21N3O. The number of ether oxygens (including phenoxy) is 1. The van der Waals surface area contributed by atoms with Crippen LogP contribution in [-0.2, 0) is 6.54 Å². The van der Waals surface area contributed by atoms with E-state index >= 15 is 0 Å². The van der Waals surface area contributed by atoms with Gasteiger partial charge in [-0.3, -0.25) is 0 Å². The van der Waals surface area contributed by atoms with Crippen LogP contribution in [-0.4, -0.2) is 4.57 Å². The lowest BCUT2D eigenvalue weighted by molar-refractivity contribution is 0.403. The largest absolute Gasteiger partial charge is 0.438 e. The van der Waals surface area contributed by atoms with Crippen LogP contribution in [0.3, 0.4) is 0 Å². The molecule has 110 valence electrons. The Balaban J connectivity index is 2.46. The fourth-order valence-corrected chi connectivity index (χ4v) is 2.23. The number of anilines is 1. The highest BCUT2D eigenvalue weighted by atomic mass is 16.5. The molecule has 1 aromatic carbocycles. The summed E-state index contributed by atoms with van der Waals surface area (Å²) in [6.45, 7) is 8.90. The van der Waals surface area contributed by atoms with Gasteiger partial charge < -0.3 is 15.0 Å². The normalized spacial score (nSPS) is 10.7. The first-order valence-electron chi connectivity index (χ1n) is 7.06. The fraction of sp³-hybridized carbons (Fsp3) is 0.353. The average Bonchev–Trinajstić information content (AvgIpc) is 2.70. The predicted molar refractivity (Wildman–Crippen MR) is 84.4 cm³/mol. The molecule has 0 bridgehead atoms. The first-order valence-corrected chi connectivity index (χ1v) is 7.06. The van der Waals surface area contributed by atoms with Crippen molar-refractivity contribution in [2.75, 3.05) is 5.73 Å². The van der Waals surface area contributed by atoms with Crippen molar-refractivity contribution in [3.05, 3.63) is 41.1 Å². The van der Waals surface area contributed by atoms with Crippen LogP contribution in [0.1, 0.15) is 30.7 Å². The molecule has 0 aliphatic rings. The SMILES string of the molecule is Cc1ccc(C)c(Oc2c(N)cc(C#N)n2CC(C)C)c1. The van der Waals surface area contributed by atoms with E-state index in [1.165, 1.54) is 0 Å². The Kier molecular flexibility index (Phi) is 4.23. The van der Waals surface area contributed by atoms with E-state index in [0.717, 1.165) is 16.9 Å². The summed E-state index contributed by atoms with van der Waals surface area (Å²) in [6.07, 6.45) is 0. The number of benzene rings is 1. The molecule has 21 heavy (non-hydrogen) atoms. The van der Waals surface area contributed by atoms with E-state index in [2.05, 4.69) is 19.9 Å². The van der Waals surface area contributed by atoms with Crippen LogP contribution in [0.2, 0.25) is 0 Å². The second-order valence-electron chi connectivity index (χ2n) is 5.78. The number of hydrogen-bond acceptors (Lipinski definition) is 3. The highest BCUT2D eigenvalue weighted by Gasteiger charge is 2.17. The Morgan fingerprint density at radius 2 is 2.00 bits per heavy atom. The first kappa shape index (κ1) is 15.0. The smallest absolute Gasteiger partial charge is 0.224 e. The molecule has 0 spiro atoms. The van der Waals surface area contributed by atoms with Crippen molar-refractivity contribution < 1.29 is 4.74 Å². The van der Waals surface area contributed by atoms with Crippen LogP contribution < -0.4 is 10.5 Å². The van der Waals surface area contributed by atoms with Crippen LogP contribution in [0.25, 0.3) is 0 Å². The van der Waals surface area contributed by atoms with Gasteiger partial charge in [0, 0.05) is 12.6 Å². The quantitative estimate of drug-likeness (QED) is 0.922. The van der Waals surface area contributed by atoms with Crippen LogP contribution in [0.4, 0.5) is 5.69 Å². The molecule has 0 fully saturated rings. The van der Waals surface area contributed by atoms with Gasteiger partial charge in [-0.2, -0.15) is 5.26 Å². The molecule has 2 rings (SSSR count). The molecule has 0 atom stereocenters. The maximum absolute atomic E-state index is 9.25. The molecule has 4 nitrogen and oxygen atoms in total. The van der Waals surface area contributed by atoms with E-state index in [0.29, 0.717) is 29.7 Å². The van der Waals surface area contributed by atoms with E-state index in [9.17, 15) is 5.26 Å². The van der Waals surface area contributed by atoms with Crippen molar-refractivity contribution in [2.24, 2.45) is 5.92 Å². The molecule has 1 heterocycles. The number of nitrogens with two attached hydrogens (primary N) is 1. The molecule has 2 aromatic rings. The lowest BCUT2D eigenvalue weighted by Gasteiger charge is -2.15. The zero-order chi connectivity index (χ0) is 15.6. The highest BCUT2D eigenvalue weighted by molar-refractivity contribution is 5.57. The molecule has 4 heteroatoms. The molecule has 2 N–H and O–H groups in total. The van der Waals surface area contributed by atoms with E-state index < -0.39 is 0 Å². The lowest BCUT2D eigenvalue weighted by Crippen LogP contribution is -2.08. The fourth-order valence-electron chi connectivity index (χ4n) is 2.23. The standard InChI is InChI=1S/C17H21N3O/c1-11(2)10-20-14(9-18)8-15(19)17(20)21-16-7-12(3)5-6-13(16)4/h5-8,11H,10,19H2,1-4H3. The van der Waals surface area contributed by atoms with Crippen LogP contribution in [0, 0.1) is 31.1 Å². The number of aromatic nitrogens is 1. The average molecular weight is 283 g/mol. The third-order valence-electron chi connectivity index (χ3n) is 3.29. The summed E-state index contributed by atoms with van der Waals surface area (Å²) in [5, 5.41) is 9.25. The topological polar surface area (TPSA) is 64.0 Å². The van der Waals surface area contributed by atoms with Crippen molar-refractivity contribution in [3.63, 3.8) is 0 Å². The Morgan fingerprint density at radius 3 is 2.62 bits per heavy atom. The molecule has 0 radical (unpaired) electrons. The Morgan fingerprint density at radius 1 is 1.29 bits per heavy atom. The number of nitrogens with zero attached hydrogens (tertiary/aromatic N) is 2. The second kappa shape index (κ2) is 5.92. The zero-order valence-corrected chi connectivity index (χ0v) is 13.0. The van der Waals surface area contributed by atoms with Crippen molar-refractivity contribution in [1.29, 1.82) is 5.26 Å². The van der Waals surface area contributed by atoms with Gasteiger partial charge in [0.2, 0.25) is 5.88 Å². The predicted octanol–water partition coefficient (Wildman–Crippen LogP) is 4.01. The summed E-state index contributed by atoms with van der Waals surface area (Å²) in [7, 11) is 0. The van der Waals surface area contributed by atoms with Gasteiger partial charge in [-0.25, -0.2) is 0 Å². The van der Waals surface area contributed by atoms with Gasteiger partial charge in [-0.05, 0) is 37.0 Å². The summed E-state index contributed by atoms with van der Waals surface area (Å²) in [5.41, 5.74) is 9.21. The van der Waals surface area contributed by atoms with E-state index in [1.807, 2.05) is 36.6 Å². The molecule has 0 unspecified atom stereocenters. The molecular weight excluding hydrogens is 262 g/mol. The maximum atomic E-state index is 9.25. The number of aryl methyl sites for hydroxylation is 2. The van der Waals surface area contributed by atoms with Crippen molar-refractivity contribution in [2.45, 2.75) is 34.2 Å². The monoisotopic (exact) mass is 283 g/mol. The first-order chi connectivity index (χ1) is 9.92. The second-order valence-corrected chi connectivity index (χ2v) is 5.78. The van der Waals surface area contributed by atoms with Crippen molar-refractivity contribution in [3.8, 4) is 17.7 Å². The lowest BCUT2D eigenvalue weighted by atomic mass is 10.1. The van der Waals surface area contributed by atoms with Crippen LogP contribution >= 0.6 is 0 Å². The summed E-state index contributed by atoms with van der Waals surface area (Å²) in [4.78, 5) is 0. The minimum absolute atomic E-state index is 0.393. The number of rotatable bonds is 4. The Hall–Kier alpha value is -2.41. The van der Waals surface area contributed by atoms with Crippen molar-refractivity contribution >= 4 is 5.69 Å². The molecule has 0 saturated heterocycles. The van der Waals surface area contributed by atoms with Gasteiger partial charge in [0.25, 0.3) is 0 Å². The van der Waals surface area contributed by atoms with Gasteiger partial charge in [0.05, 0.1) is 5.69 Å². The maximum Gasteiger partial charge on any atom is 0.224 e. The number of hydrogen-bond donors (Lipinski definition) is 1. The molecule has 1 aromatic heterocycles. The van der Waals surface area contributed by atoms with Gasteiger partial charge in [0.1, 0.15) is 17.5 Å². The number of nitrogen functional groups attached to an aromatic ring is 1. The zero-order valence-electron chi connectivity index (χ0n) is 13.0. The molecule has 0 aliphatic carbocycles. The minimum atomic E-state index is 0.393. The van der Waals surface area contributed by atoms with Crippen molar-refractivity contribution in [1.82, 2.24) is 4.57 Å². The van der Waals surface area contributed by atoms with Crippen LogP contribution in [0.15, 0.2) is 24.3 Å². The third-order valence-corrected chi connectivity index (χ3v) is 3.29. The van der Waals surface area contributed by atoms with Gasteiger partial charge in [-0.15, -0.1) is 0 Å². The summed E-state index contributed by atoms with van der Waals surface area (Å²) >= 11 is 0.